The molecule has 3 saturated heterocycles. The quantitative estimate of drug-likeness (QED) is 0.623. The van der Waals surface area contributed by atoms with E-state index in [4.69, 9.17) is 14.2 Å². The van der Waals surface area contributed by atoms with Crippen LogP contribution in [-0.4, -0.2) is 63.1 Å². The van der Waals surface area contributed by atoms with Crippen LogP contribution in [0.2, 0.25) is 0 Å². The predicted molar refractivity (Wildman–Crippen MR) is 123 cm³/mol. The molecule has 3 aliphatic rings. The lowest BCUT2D eigenvalue weighted by Gasteiger charge is -2.32. The Balaban J connectivity index is 0.000000398. The van der Waals surface area contributed by atoms with E-state index in [0.29, 0.717) is 32.4 Å². The second-order valence-corrected chi connectivity index (χ2v) is 9.14. The summed E-state index contributed by atoms with van der Waals surface area (Å²) >= 11 is 1.48. The van der Waals surface area contributed by atoms with Gasteiger partial charge in [0.05, 0.1) is 38.2 Å². The first-order valence-electron chi connectivity index (χ1n) is 11.4. The molecule has 1 aromatic carbocycles. The second-order valence-electron chi connectivity index (χ2n) is 8.15. The van der Waals surface area contributed by atoms with Crippen molar-refractivity contribution >= 4 is 27.4 Å². The molecule has 3 fully saturated rings. The van der Waals surface area contributed by atoms with Crippen LogP contribution in [0.3, 0.4) is 0 Å². The van der Waals surface area contributed by atoms with Crippen molar-refractivity contribution in [3.63, 3.8) is 0 Å². The fraction of sp³-hybridized carbons (Fsp3) is 0.565. The van der Waals surface area contributed by atoms with E-state index in [1.807, 2.05) is 0 Å². The van der Waals surface area contributed by atoms with Gasteiger partial charge in [0.2, 0.25) is 5.91 Å². The number of hydrogen-bond acceptors (Lipinski definition) is 7. The van der Waals surface area contributed by atoms with E-state index in [-0.39, 0.29) is 17.8 Å². The number of anilines is 2. The number of aromatic nitrogens is 1. The number of benzene rings is 1. The Morgan fingerprint density at radius 1 is 1.03 bits per heavy atom. The summed E-state index contributed by atoms with van der Waals surface area (Å²) in [6.07, 6.45) is -0.288. The lowest BCUT2D eigenvalue weighted by atomic mass is 10.1. The van der Waals surface area contributed by atoms with Crippen molar-refractivity contribution in [2.75, 3.05) is 55.9 Å². The molecule has 2 aromatic rings. The van der Waals surface area contributed by atoms with Crippen molar-refractivity contribution < 1.29 is 32.2 Å². The van der Waals surface area contributed by atoms with Crippen molar-refractivity contribution in [3.8, 4) is 5.75 Å². The maximum Gasteiger partial charge on any atom is 0.419 e. The minimum atomic E-state index is -4.43. The monoisotopic (exact) mass is 499 g/mol. The van der Waals surface area contributed by atoms with Crippen molar-refractivity contribution in [2.45, 2.75) is 38.0 Å². The third-order valence-corrected chi connectivity index (χ3v) is 6.84. The molecule has 0 bridgehead atoms. The topological polar surface area (TPSA) is 64.1 Å². The molecule has 5 rings (SSSR count). The molecule has 0 unspecified atom stereocenters. The Hall–Kier alpha value is -2.37. The fourth-order valence-electron chi connectivity index (χ4n) is 4.00. The largest absolute Gasteiger partial charge is 0.490 e. The fourth-order valence-corrected chi connectivity index (χ4v) is 5.01. The minimum Gasteiger partial charge on any atom is -0.490 e. The number of thiazole rings is 1. The number of carbonyl (C=O) groups is 1. The van der Waals surface area contributed by atoms with Crippen molar-refractivity contribution in [2.24, 2.45) is 0 Å². The Bertz CT molecular complexity index is 932. The van der Waals surface area contributed by atoms with Gasteiger partial charge in [-0.05, 0) is 18.6 Å². The molecule has 34 heavy (non-hydrogen) atoms. The summed E-state index contributed by atoms with van der Waals surface area (Å²) in [5.41, 5.74) is -0.739. The Morgan fingerprint density at radius 2 is 1.71 bits per heavy atom. The first-order valence-corrected chi connectivity index (χ1v) is 12.2. The zero-order chi connectivity index (χ0) is 24.0. The third kappa shape index (κ3) is 6.39. The molecule has 0 saturated carbocycles. The standard InChI is InChI=1S/C19H20F3N3O2S.C4H8O2/c20-19(21,22)14-4-1-2-5-15(14)27-13-7-10-24(11-8-13)18-23-12-17(28-18)25-9-3-6-16(25)26;1-2-6-4-3-5-1/h1-2,4-5,12-13H,3,6-11H2;1-4H2. The number of ether oxygens (including phenoxy) is 3. The van der Waals surface area contributed by atoms with Crippen LogP contribution in [0, 0.1) is 0 Å². The van der Waals surface area contributed by atoms with Gasteiger partial charge in [-0.2, -0.15) is 13.2 Å². The van der Waals surface area contributed by atoms with E-state index in [9.17, 15) is 18.0 Å². The molecule has 1 aromatic heterocycles. The van der Waals surface area contributed by atoms with Gasteiger partial charge in [0.25, 0.3) is 0 Å². The van der Waals surface area contributed by atoms with Crippen LogP contribution in [0.4, 0.5) is 23.3 Å². The van der Waals surface area contributed by atoms with Crippen molar-refractivity contribution in [3.05, 3.63) is 36.0 Å². The van der Waals surface area contributed by atoms with Crippen LogP contribution in [-0.2, 0) is 20.4 Å². The average molecular weight is 500 g/mol. The SMILES string of the molecule is C1COCCO1.O=C1CCCN1c1cnc(N2CCC(Oc3ccccc3C(F)(F)F)CC2)s1. The van der Waals surface area contributed by atoms with E-state index in [0.717, 1.165) is 55.6 Å². The third-order valence-electron chi connectivity index (χ3n) is 5.76. The van der Waals surface area contributed by atoms with Gasteiger partial charge in [-0.25, -0.2) is 4.98 Å². The Labute approximate surface area is 200 Å². The summed E-state index contributed by atoms with van der Waals surface area (Å²) in [6, 6.07) is 5.33. The number of nitrogens with zero attached hydrogens (tertiary/aromatic N) is 3. The summed E-state index contributed by atoms with van der Waals surface area (Å²) < 4.78 is 54.9. The zero-order valence-electron chi connectivity index (χ0n) is 18.8. The van der Waals surface area contributed by atoms with Crippen LogP contribution < -0.4 is 14.5 Å². The zero-order valence-corrected chi connectivity index (χ0v) is 19.6. The Kier molecular flexibility index (Phi) is 8.28. The molecule has 0 aliphatic carbocycles. The average Bonchev–Trinajstić information content (AvgIpc) is 3.50. The number of carbonyl (C=O) groups excluding carboxylic acids is 1. The molecule has 3 aliphatic heterocycles. The molecule has 186 valence electrons. The summed E-state index contributed by atoms with van der Waals surface area (Å²) in [6.45, 7) is 5.15. The number of rotatable bonds is 4. The number of para-hydroxylation sites is 1. The van der Waals surface area contributed by atoms with Gasteiger partial charge < -0.3 is 24.0 Å². The van der Waals surface area contributed by atoms with Crippen LogP contribution in [0.1, 0.15) is 31.2 Å². The highest BCUT2D eigenvalue weighted by Crippen LogP contribution is 2.38. The van der Waals surface area contributed by atoms with Crippen molar-refractivity contribution in [1.82, 2.24) is 4.98 Å². The normalized spacial score (nSPS) is 19.7. The lowest BCUT2D eigenvalue weighted by molar-refractivity contribution is -0.139. The number of alkyl halides is 3. The second kappa shape index (κ2) is 11.4. The molecule has 0 N–H and O–H groups in total. The maximum atomic E-state index is 13.1. The van der Waals surface area contributed by atoms with Gasteiger partial charge in [0.15, 0.2) is 5.13 Å². The summed E-state index contributed by atoms with van der Waals surface area (Å²) in [7, 11) is 0. The summed E-state index contributed by atoms with van der Waals surface area (Å²) in [5.74, 6) is 0.0168. The molecule has 1 amide bonds. The number of piperidine rings is 1. The highest BCUT2D eigenvalue weighted by atomic mass is 32.1. The molecule has 4 heterocycles. The van der Waals surface area contributed by atoms with Crippen molar-refractivity contribution in [1.29, 1.82) is 0 Å². The van der Waals surface area contributed by atoms with E-state index in [2.05, 4.69) is 9.88 Å². The van der Waals surface area contributed by atoms with Gasteiger partial charge in [-0.1, -0.05) is 23.5 Å². The number of hydrogen-bond donors (Lipinski definition) is 0. The van der Waals surface area contributed by atoms with Gasteiger partial charge in [-0.3, -0.25) is 4.79 Å². The predicted octanol–water partition coefficient (Wildman–Crippen LogP) is 4.37. The smallest absolute Gasteiger partial charge is 0.419 e. The molecule has 0 radical (unpaired) electrons. The molecule has 7 nitrogen and oxygen atoms in total. The first kappa shape index (κ1) is 24.7. The number of halogens is 3. The Morgan fingerprint density at radius 3 is 2.29 bits per heavy atom. The van der Waals surface area contributed by atoms with Gasteiger partial charge in [0, 0.05) is 38.9 Å². The summed E-state index contributed by atoms with van der Waals surface area (Å²) in [5, 5.41) is 1.69. The van der Waals surface area contributed by atoms with E-state index in [1.165, 1.54) is 23.5 Å². The van der Waals surface area contributed by atoms with Crippen LogP contribution >= 0.6 is 11.3 Å². The molecule has 0 spiro atoms. The molecular formula is C23H28F3N3O4S. The van der Waals surface area contributed by atoms with Gasteiger partial charge >= 0.3 is 6.18 Å². The van der Waals surface area contributed by atoms with E-state index < -0.39 is 11.7 Å². The lowest BCUT2D eigenvalue weighted by Crippen LogP contribution is -2.38. The minimum absolute atomic E-state index is 0.113. The van der Waals surface area contributed by atoms with Crippen LogP contribution in [0.15, 0.2) is 30.5 Å². The van der Waals surface area contributed by atoms with Gasteiger partial charge in [-0.15, -0.1) is 0 Å². The maximum absolute atomic E-state index is 13.1. The van der Waals surface area contributed by atoms with E-state index >= 15 is 0 Å². The van der Waals surface area contributed by atoms with Crippen LogP contribution in [0.5, 0.6) is 5.75 Å². The van der Waals surface area contributed by atoms with Crippen LogP contribution in [0.25, 0.3) is 0 Å². The molecule has 0 atom stereocenters. The molecular weight excluding hydrogens is 471 g/mol. The highest BCUT2D eigenvalue weighted by Gasteiger charge is 2.35. The molecule has 11 heteroatoms. The highest BCUT2D eigenvalue weighted by molar-refractivity contribution is 7.19. The van der Waals surface area contributed by atoms with E-state index in [1.54, 1.807) is 17.2 Å². The number of amides is 1. The van der Waals surface area contributed by atoms with Gasteiger partial charge in [0.1, 0.15) is 16.9 Å². The summed E-state index contributed by atoms with van der Waals surface area (Å²) in [4.78, 5) is 20.2. The first-order chi connectivity index (χ1) is 16.4.